The number of nitrogens with zero attached hydrogens (tertiary/aromatic N) is 3. The maximum atomic E-state index is 13.1. The van der Waals surface area contributed by atoms with E-state index in [9.17, 15) is 18.0 Å². The van der Waals surface area contributed by atoms with Crippen LogP contribution in [0.5, 0.6) is 0 Å². The second-order valence-electron chi connectivity index (χ2n) is 6.66. The lowest BCUT2D eigenvalue weighted by Gasteiger charge is -2.12. The fraction of sp³-hybridized carbons (Fsp3) is 0.278. The first-order chi connectivity index (χ1) is 13.7. The molecule has 162 valence electrons. The number of alkyl halides is 3. The highest BCUT2D eigenvalue weighted by Gasteiger charge is 2.32. The van der Waals surface area contributed by atoms with Gasteiger partial charge in [-0.05, 0) is 70.8 Å². The van der Waals surface area contributed by atoms with Crippen LogP contribution in [-0.4, -0.2) is 30.6 Å². The number of carboxylic acid groups (broad SMARTS) is 1. The fourth-order valence-corrected chi connectivity index (χ4v) is 4.41. The standard InChI is InChI=1S/C14H7Br3F3N3.C4H8O2S/c1-6-9(2-3-21-22-6)23-10-5-7(14(18,19)20)4-8(15)11(10)12(16)13(23)17;1-4(2,7)3(5)6/h2-5H,1H3;7H,1-2H3,(H,5,6). The van der Waals surface area contributed by atoms with Gasteiger partial charge in [-0.1, -0.05) is 15.9 Å². The number of halogens is 6. The molecule has 0 fully saturated rings. The van der Waals surface area contributed by atoms with E-state index < -0.39 is 22.5 Å². The second-order valence-corrected chi connectivity index (χ2v) is 10.2. The average molecular weight is 634 g/mol. The molecule has 0 aliphatic rings. The molecule has 0 saturated heterocycles. The van der Waals surface area contributed by atoms with Gasteiger partial charge < -0.3 is 9.67 Å². The molecule has 0 spiro atoms. The van der Waals surface area contributed by atoms with Gasteiger partial charge in [0.05, 0.1) is 33.1 Å². The van der Waals surface area contributed by atoms with Crippen molar-refractivity contribution in [1.29, 1.82) is 0 Å². The zero-order valence-electron chi connectivity index (χ0n) is 15.7. The number of fused-ring (bicyclic) bond motifs is 1. The zero-order chi connectivity index (χ0) is 23.0. The van der Waals surface area contributed by atoms with Crippen molar-refractivity contribution in [2.24, 2.45) is 0 Å². The van der Waals surface area contributed by atoms with E-state index >= 15 is 0 Å². The van der Waals surface area contributed by atoms with Gasteiger partial charge in [0.2, 0.25) is 0 Å². The number of rotatable bonds is 2. The van der Waals surface area contributed by atoms with Crippen LogP contribution in [0.15, 0.2) is 37.9 Å². The van der Waals surface area contributed by atoms with Crippen LogP contribution in [0.4, 0.5) is 13.2 Å². The Bertz CT molecular complexity index is 1110. The van der Waals surface area contributed by atoms with Gasteiger partial charge in [-0.2, -0.15) is 36.0 Å². The van der Waals surface area contributed by atoms with E-state index in [-0.39, 0.29) is 0 Å². The first-order valence-electron chi connectivity index (χ1n) is 8.16. The van der Waals surface area contributed by atoms with Crippen LogP contribution in [0.1, 0.15) is 25.1 Å². The minimum atomic E-state index is -4.43. The van der Waals surface area contributed by atoms with Crippen molar-refractivity contribution in [3.8, 4) is 5.69 Å². The Morgan fingerprint density at radius 2 is 1.77 bits per heavy atom. The van der Waals surface area contributed by atoms with Gasteiger partial charge in [-0.3, -0.25) is 4.79 Å². The number of hydrogen-bond donors (Lipinski definition) is 2. The smallest absolute Gasteiger partial charge is 0.416 e. The van der Waals surface area contributed by atoms with E-state index in [0.29, 0.717) is 35.8 Å². The number of hydrogen-bond acceptors (Lipinski definition) is 4. The molecule has 0 aliphatic carbocycles. The highest BCUT2D eigenvalue weighted by molar-refractivity contribution is 9.13. The normalized spacial score (nSPS) is 11.9. The van der Waals surface area contributed by atoms with Crippen molar-refractivity contribution in [3.05, 3.63) is 49.2 Å². The Morgan fingerprint density at radius 1 is 1.20 bits per heavy atom. The minimum Gasteiger partial charge on any atom is -0.480 e. The van der Waals surface area contributed by atoms with Crippen molar-refractivity contribution < 1.29 is 23.1 Å². The highest BCUT2D eigenvalue weighted by Crippen LogP contribution is 2.43. The van der Waals surface area contributed by atoms with Gasteiger partial charge in [-0.15, -0.1) is 0 Å². The summed E-state index contributed by atoms with van der Waals surface area (Å²) < 4.78 is 41.8. The summed E-state index contributed by atoms with van der Waals surface area (Å²) in [4.78, 5) is 9.94. The zero-order valence-corrected chi connectivity index (χ0v) is 21.4. The van der Waals surface area contributed by atoms with Crippen LogP contribution in [0.2, 0.25) is 0 Å². The third-order valence-corrected chi connectivity index (χ3v) is 6.75. The van der Waals surface area contributed by atoms with Crippen molar-refractivity contribution >= 4 is 77.3 Å². The molecule has 12 heteroatoms. The van der Waals surface area contributed by atoms with Gasteiger partial charge >= 0.3 is 12.1 Å². The Hall–Kier alpha value is -1.11. The van der Waals surface area contributed by atoms with Crippen LogP contribution in [0.3, 0.4) is 0 Å². The number of carboxylic acids is 1. The first kappa shape index (κ1) is 25.2. The summed E-state index contributed by atoms with van der Waals surface area (Å²) in [6.07, 6.45) is -2.94. The summed E-state index contributed by atoms with van der Waals surface area (Å²) in [6, 6.07) is 3.89. The van der Waals surface area contributed by atoms with E-state index in [2.05, 4.69) is 70.6 Å². The second kappa shape index (κ2) is 9.17. The predicted octanol–water partition coefficient (Wildman–Crippen LogP) is 6.81. The lowest BCUT2D eigenvalue weighted by atomic mass is 10.1. The van der Waals surface area contributed by atoms with E-state index in [4.69, 9.17) is 5.11 Å². The summed E-state index contributed by atoms with van der Waals surface area (Å²) in [6.45, 7) is 4.80. The summed E-state index contributed by atoms with van der Waals surface area (Å²) >= 11 is 13.9. The molecule has 5 nitrogen and oxygen atoms in total. The van der Waals surface area contributed by atoms with Crippen LogP contribution in [0.25, 0.3) is 16.6 Å². The maximum absolute atomic E-state index is 13.1. The maximum Gasteiger partial charge on any atom is 0.416 e. The largest absolute Gasteiger partial charge is 0.480 e. The number of thiol groups is 1. The predicted molar refractivity (Wildman–Crippen MR) is 122 cm³/mol. The number of benzene rings is 1. The summed E-state index contributed by atoms with van der Waals surface area (Å²) in [7, 11) is 0. The molecular formula is C18H15Br3F3N3O2S. The number of aromatic nitrogens is 3. The van der Waals surface area contributed by atoms with E-state index in [0.717, 1.165) is 12.1 Å². The van der Waals surface area contributed by atoms with Crippen LogP contribution < -0.4 is 0 Å². The Morgan fingerprint density at radius 3 is 2.23 bits per heavy atom. The minimum absolute atomic E-state index is 0.355. The van der Waals surface area contributed by atoms with Crippen molar-refractivity contribution in [3.63, 3.8) is 0 Å². The molecular weight excluding hydrogens is 619 g/mol. The molecule has 0 radical (unpaired) electrons. The molecule has 0 aliphatic heterocycles. The van der Waals surface area contributed by atoms with Crippen LogP contribution in [0, 0.1) is 6.92 Å². The van der Waals surface area contributed by atoms with Gasteiger partial charge in [0.15, 0.2) is 0 Å². The summed E-state index contributed by atoms with van der Waals surface area (Å²) in [5.74, 6) is -0.893. The van der Waals surface area contributed by atoms with E-state index in [1.807, 2.05) is 0 Å². The molecule has 0 saturated carbocycles. The van der Waals surface area contributed by atoms with E-state index in [1.54, 1.807) is 17.6 Å². The number of aryl methyl sites for hydroxylation is 1. The molecule has 1 N–H and O–H groups in total. The van der Waals surface area contributed by atoms with Gasteiger partial charge in [0.1, 0.15) is 9.35 Å². The molecule has 30 heavy (non-hydrogen) atoms. The Labute approximate surface area is 200 Å². The van der Waals surface area contributed by atoms with Crippen molar-refractivity contribution in [2.45, 2.75) is 31.7 Å². The average Bonchev–Trinajstić information content (AvgIpc) is 2.86. The molecule has 0 unspecified atom stereocenters. The number of carbonyl (C=O) groups is 1. The third-order valence-electron chi connectivity index (χ3n) is 3.88. The molecule has 3 rings (SSSR count). The van der Waals surface area contributed by atoms with Gasteiger partial charge in [0.25, 0.3) is 0 Å². The van der Waals surface area contributed by atoms with Crippen molar-refractivity contribution in [2.75, 3.05) is 0 Å². The highest BCUT2D eigenvalue weighted by atomic mass is 79.9. The van der Waals surface area contributed by atoms with E-state index in [1.165, 1.54) is 20.0 Å². The lowest BCUT2D eigenvalue weighted by Crippen LogP contribution is -2.23. The number of aliphatic carboxylic acids is 1. The Kier molecular flexibility index (Phi) is 7.69. The SMILES string of the molecule is CC(C)(S)C(=O)O.Cc1nnccc1-n1c(Br)c(Br)c2c(Br)cc(C(F)(F)F)cc21. The van der Waals surface area contributed by atoms with Crippen molar-refractivity contribution in [1.82, 2.24) is 14.8 Å². The summed E-state index contributed by atoms with van der Waals surface area (Å²) in [5, 5.41) is 16.6. The fourth-order valence-electron chi connectivity index (χ4n) is 2.32. The quantitative estimate of drug-likeness (QED) is 0.304. The van der Waals surface area contributed by atoms with Crippen LogP contribution >= 0.6 is 60.4 Å². The lowest BCUT2D eigenvalue weighted by molar-refractivity contribution is -0.139. The molecule has 2 aromatic heterocycles. The monoisotopic (exact) mass is 631 g/mol. The molecule has 0 atom stereocenters. The molecule has 0 amide bonds. The third kappa shape index (κ3) is 5.38. The molecule has 0 bridgehead atoms. The topological polar surface area (TPSA) is 68.0 Å². The molecule has 2 heterocycles. The Balaban J connectivity index is 0.000000396. The molecule has 3 aromatic rings. The summed E-state index contributed by atoms with van der Waals surface area (Å²) in [5.41, 5.74) is 0.928. The van der Waals surface area contributed by atoms with Gasteiger partial charge in [0, 0.05) is 9.86 Å². The first-order valence-corrected chi connectivity index (χ1v) is 11.0. The van der Waals surface area contributed by atoms with Crippen LogP contribution in [-0.2, 0) is 11.0 Å². The molecule has 1 aromatic carbocycles. The van der Waals surface area contributed by atoms with Gasteiger partial charge in [-0.25, -0.2) is 0 Å².